The van der Waals surface area contributed by atoms with Crippen molar-refractivity contribution in [3.05, 3.63) is 74.7 Å². The van der Waals surface area contributed by atoms with E-state index in [1.54, 1.807) is 6.08 Å². The zero-order chi connectivity index (χ0) is 21.7. The van der Waals surface area contributed by atoms with E-state index < -0.39 is 4.92 Å². The molecule has 1 fully saturated rings. The fourth-order valence-electron chi connectivity index (χ4n) is 2.80. The van der Waals surface area contributed by atoms with Crippen molar-refractivity contribution in [3.63, 3.8) is 0 Å². The Morgan fingerprint density at radius 1 is 1.20 bits per heavy atom. The molecule has 0 atom stereocenters. The van der Waals surface area contributed by atoms with Crippen molar-refractivity contribution in [2.24, 2.45) is 0 Å². The number of rotatable bonds is 7. The van der Waals surface area contributed by atoms with Gasteiger partial charge in [-0.2, -0.15) is 0 Å². The molecule has 154 valence electrons. The predicted molar refractivity (Wildman–Crippen MR) is 122 cm³/mol. The van der Waals surface area contributed by atoms with Gasteiger partial charge in [-0.25, -0.2) is 0 Å². The van der Waals surface area contributed by atoms with E-state index in [4.69, 9.17) is 12.2 Å². The molecule has 7 nitrogen and oxygen atoms in total. The average Bonchev–Trinajstić information content (AvgIpc) is 3.00. The van der Waals surface area contributed by atoms with E-state index in [1.807, 2.05) is 24.3 Å². The molecule has 2 amide bonds. The Labute approximate surface area is 183 Å². The quantitative estimate of drug-likeness (QED) is 0.297. The number of aryl methyl sites for hydroxylation is 1. The Morgan fingerprint density at radius 3 is 2.47 bits per heavy atom. The smallest absolute Gasteiger partial charge is 0.269 e. The molecule has 0 bridgehead atoms. The number of hydrogen-bond donors (Lipinski definition) is 1. The lowest BCUT2D eigenvalue weighted by molar-refractivity contribution is -0.384. The summed E-state index contributed by atoms with van der Waals surface area (Å²) in [6.07, 6.45) is 2.81. The van der Waals surface area contributed by atoms with E-state index in [-0.39, 0.29) is 30.5 Å². The van der Waals surface area contributed by atoms with E-state index in [1.165, 1.54) is 46.5 Å². The van der Waals surface area contributed by atoms with Gasteiger partial charge in [-0.15, -0.1) is 0 Å². The van der Waals surface area contributed by atoms with Crippen LogP contribution in [0.15, 0.2) is 53.4 Å². The van der Waals surface area contributed by atoms with Crippen LogP contribution in [0.1, 0.15) is 24.5 Å². The summed E-state index contributed by atoms with van der Waals surface area (Å²) >= 11 is 6.52. The maximum Gasteiger partial charge on any atom is 0.269 e. The van der Waals surface area contributed by atoms with Crippen LogP contribution in [0.5, 0.6) is 0 Å². The molecule has 0 radical (unpaired) electrons. The first-order chi connectivity index (χ1) is 14.4. The number of carbonyl (C=O) groups is 2. The van der Waals surface area contributed by atoms with Gasteiger partial charge >= 0.3 is 0 Å². The van der Waals surface area contributed by atoms with Crippen LogP contribution in [0, 0.1) is 10.1 Å². The van der Waals surface area contributed by atoms with E-state index in [9.17, 15) is 19.7 Å². The molecule has 0 saturated carbocycles. The first kappa shape index (κ1) is 21.7. The van der Waals surface area contributed by atoms with Gasteiger partial charge in [-0.05, 0) is 35.8 Å². The lowest BCUT2D eigenvalue weighted by Gasteiger charge is -2.14. The number of thioether (sulfide) groups is 1. The Kier molecular flexibility index (Phi) is 6.96. The third kappa shape index (κ3) is 5.31. The minimum absolute atomic E-state index is 0.0540. The molecule has 0 aliphatic carbocycles. The highest BCUT2D eigenvalue weighted by Crippen LogP contribution is 2.32. The number of nitro groups is 1. The summed E-state index contributed by atoms with van der Waals surface area (Å²) in [5.74, 6) is -0.523. The molecule has 2 aromatic carbocycles. The second-order valence-electron chi connectivity index (χ2n) is 6.53. The second kappa shape index (κ2) is 9.64. The molecule has 1 saturated heterocycles. The van der Waals surface area contributed by atoms with Gasteiger partial charge in [-0.1, -0.05) is 55.2 Å². The van der Waals surface area contributed by atoms with Crippen LogP contribution in [0.3, 0.4) is 0 Å². The molecule has 1 N–H and O–H groups in total. The van der Waals surface area contributed by atoms with Crippen LogP contribution in [0.2, 0.25) is 0 Å². The van der Waals surface area contributed by atoms with Crippen molar-refractivity contribution in [3.8, 4) is 0 Å². The van der Waals surface area contributed by atoms with Crippen molar-refractivity contribution in [1.29, 1.82) is 0 Å². The average molecular weight is 442 g/mol. The zero-order valence-electron chi connectivity index (χ0n) is 16.2. The summed E-state index contributed by atoms with van der Waals surface area (Å²) in [7, 11) is 0. The molecule has 1 heterocycles. The Bertz CT molecular complexity index is 1020. The van der Waals surface area contributed by atoms with Crippen molar-refractivity contribution in [2.45, 2.75) is 19.8 Å². The van der Waals surface area contributed by atoms with Gasteiger partial charge in [0.2, 0.25) is 5.91 Å². The zero-order valence-corrected chi connectivity index (χ0v) is 17.8. The van der Waals surface area contributed by atoms with Crippen LogP contribution < -0.4 is 5.32 Å². The summed E-state index contributed by atoms with van der Waals surface area (Å²) < 4.78 is 0.416. The molecule has 1 aliphatic heterocycles. The van der Waals surface area contributed by atoms with Gasteiger partial charge in [0, 0.05) is 30.8 Å². The fraction of sp³-hybridized carbons (Fsp3) is 0.190. The molecule has 0 aromatic heterocycles. The largest absolute Gasteiger partial charge is 0.326 e. The Morgan fingerprint density at radius 2 is 1.87 bits per heavy atom. The topological polar surface area (TPSA) is 92.6 Å². The maximum absolute atomic E-state index is 12.7. The Hall–Kier alpha value is -3.04. The second-order valence-corrected chi connectivity index (χ2v) is 8.21. The molecule has 2 aromatic rings. The maximum atomic E-state index is 12.7. The lowest BCUT2D eigenvalue weighted by Crippen LogP contribution is -2.31. The SMILES string of the molecule is CCc1ccc(/C=C2/SC(=S)N(CCC(=O)Nc3ccc([N+](=O)[O-])cc3)C2=O)cc1. The Balaban J connectivity index is 1.57. The van der Waals surface area contributed by atoms with Crippen LogP contribution in [-0.2, 0) is 16.0 Å². The van der Waals surface area contributed by atoms with Crippen LogP contribution in [0.25, 0.3) is 6.08 Å². The lowest BCUT2D eigenvalue weighted by atomic mass is 10.1. The number of thiocarbonyl (C=S) groups is 1. The number of benzene rings is 2. The summed E-state index contributed by atoms with van der Waals surface area (Å²) in [6.45, 7) is 2.24. The number of non-ortho nitro benzene ring substituents is 1. The van der Waals surface area contributed by atoms with Gasteiger partial charge in [0.15, 0.2) is 0 Å². The number of amides is 2. The molecular weight excluding hydrogens is 422 g/mol. The number of nitro benzene ring substituents is 1. The van der Waals surface area contributed by atoms with Gasteiger partial charge in [0.25, 0.3) is 11.6 Å². The van der Waals surface area contributed by atoms with Crippen LogP contribution in [0.4, 0.5) is 11.4 Å². The predicted octanol–water partition coefficient (Wildman–Crippen LogP) is 4.39. The monoisotopic (exact) mass is 441 g/mol. The number of anilines is 1. The van der Waals surface area contributed by atoms with Crippen molar-refractivity contribution in [1.82, 2.24) is 4.90 Å². The van der Waals surface area contributed by atoms with Gasteiger partial charge in [0.05, 0.1) is 9.83 Å². The highest BCUT2D eigenvalue weighted by atomic mass is 32.2. The normalized spacial score (nSPS) is 15.0. The van der Waals surface area contributed by atoms with E-state index in [0.717, 1.165) is 12.0 Å². The molecule has 0 unspecified atom stereocenters. The van der Waals surface area contributed by atoms with Crippen LogP contribution in [-0.4, -0.2) is 32.5 Å². The number of nitrogens with zero attached hydrogens (tertiary/aromatic N) is 2. The highest BCUT2D eigenvalue weighted by Gasteiger charge is 2.32. The van der Waals surface area contributed by atoms with Crippen molar-refractivity contribution < 1.29 is 14.5 Å². The molecule has 1 aliphatic rings. The standard InChI is InChI=1S/C21H19N3O4S2/c1-2-14-3-5-15(6-4-14)13-18-20(26)23(21(29)30-18)12-11-19(25)22-16-7-9-17(10-8-16)24(27)28/h3-10,13H,2,11-12H2,1H3,(H,22,25)/b18-13+. The summed E-state index contributed by atoms with van der Waals surface area (Å²) in [4.78, 5) is 37.0. The summed E-state index contributed by atoms with van der Waals surface area (Å²) in [5.41, 5.74) is 2.54. The van der Waals surface area contributed by atoms with Crippen molar-refractivity contribution in [2.75, 3.05) is 11.9 Å². The van der Waals surface area contributed by atoms with Gasteiger partial charge in [-0.3, -0.25) is 24.6 Å². The van der Waals surface area contributed by atoms with Crippen LogP contribution >= 0.6 is 24.0 Å². The van der Waals surface area contributed by atoms with Gasteiger partial charge in [0.1, 0.15) is 4.32 Å². The number of nitrogens with one attached hydrogen (secondary N) is 1. The molecule has 9 heteroatoms. The highest BCUT2D eigenvalue weighted by molar-refractivity contribution is 8.26. The third-order valence-corrected chi connectivity index (χ3v) is 5.86. The molecule has 3 rings (SSSR count). The molecular formula is C21H19N3O4S2. The number of carbonyl (C=O) groups excluding carboxylic acids is 2. The van der Waals surface area contributed by atoms with E-state index in [2.05, 4.69) is 12.2 Å². The summed E-state index contributed by atoms with van der Waals surface area (Å²) in [5, 5.41) is 13.3. The molecule has 0 spiro atoms. The number of hydrogen-bond acceptors (Lipinski definition) is 6. The van der Waals surface area contributed by atoms with Crippen molar-refractivity contribution >= 4 is 57.6 Å². The summed E-state index contributed by atoms with van der Waals surface area (Å²) in [6, 6.07) is 13.5. The van der Waals surface area contributed by atoms with E-state index >= 15 is 0 Å². The molecule has 30 heavy (non-hydrogen) atoms. The van der Waals surface area contributed by atoms with E-state index in [0.29, 0.717) is 14.9 Å². The third-order valence-electron chi connectivity index (χ3n) is 4.48. The fourth-order valence-corrected chi connectivity index (χ4v) is 4.11. The first-order valence-corrected chi connectivity index (χ1v) is 10.5. The first-order valence-electron chi connectivity index (χ1n) is 9.26. The van der Waals surface area contributed by atoms with Gasteiger partial charge < -0.3 is 5.32 Å². The minimum atomic E-state index is -0.507. The minimum Gasteiger partial charge on any atom is -0.326 e.